The molecule has 0 aromatic heterocycles. The summed E-state index contributed by atoms with van der Waals surface area (Å²) >= 11 is 0. The number of likely N-dealkylation sites (N-methyl/N-ethyl adjacent to an activating group) is 1. The van der Waals surface area contributed by atoms with E-state index in [1.54, 1.807) is 4.90 Å². The van der Waals surface area contributed by atoms with Gasteiger partial charge < -0.3 is 24.6 Å². The fourth-order valence-electron chi connectivity index (χ4n) is 4.40. The van der Waals surface area contributed by atoms with E-state index in [9.17, 15) is 14.4 Å². The van der Waals surface area contributed by atoms with Crippen molar-refractivity contribution < 1.29 is 23.9 Å². The van der Waals surface area contributed by atoms with Crippen molar-refractivity contribution >= 4 is 17.7 Å². The quantitative estimate of drug-likeness (QED) is 0.699. The van der Waals surface area contributed by atoms with Gasteiger partial charge in [-0.2, -0.15) is 0 Å². The summed E-state index contributed by atoms with van der Waals surface area (Å²) in [6.45, 7) is 5.05. The lowest BCUT2D eigenvalue weighted by atomic mass is 10.0. The Bertz CT molecular complexity index is 1060. The highest BCUT2D eigenvalue weighted by Crippen LogP contribution is 2.25. The Balaban J connectivity index is 1.62. The molecule has 0 spiro atoms. The van der Waals surface area contributed by atoms with E-state index >= 15 is 0 Å². The molecule has 0 unspecified atom stereocenters. The normalized spacial score (nSPS) is 21.7. The van der Waals surface area contributed by atoms with Crippen molar-refractivity contribution in [3.8, 4) is 11.5 Å². The highest BCUT2D eigenvalue weighted by Gasteiger charge is 2.33. The molecule has 2 aromatic rings. The van der Waals surface area contributed by atoms with Gasteiger partial charge in [0.25, 0.3) is 0 Å². The lowest BCUT2D eigenvalue weighted by Gasteiger charge is -2.38. The number of ether oxygens (including phenoxy) is 2. The monoisotopic (exact) mass is 465 g/mol. The molecule has 0 aliphatic carbocycles. The number of carbonyl (C=O) groups is 3. The van der Waals surface area contributed by atoms with Crippen molar-refractivity contribution in [3.63, 3.8) is 0 Å². The molecule has 8 nitrogen and oxygen atoms in total. The van der Waals surface area contributed by atoms with Gasteiger partial charge in [0.1, 0.15) is 11.5 Å². The molecule has 2 aromatic carbocycles. The minimum absolute atomic E-state index is 0.0342. The summed E-state index contributed by atoms with van der Waals surface area (Å²) in [4.78, 5) is 41.1. The number of fused-ring (bicyclic) bond motifs is 5. The summed E-state index contributed by atoms with van der Waals surface area (Å²) in [5.74, 6) is 0.893. The molecule has 1 fully saturated rings. The van der Waals surface area contributed by atoms with Crippen molar-refractivity contribution in [3.05, 3.63) is 59.7 Å². The van der Waals surface area contributed by atoms with E-state index in [0.29, 0.717) is 44.2 Å². The molecule has 2 aliphatic rings. The standard InChI is InChI=1S/C26H31N3O5/c1-3-28-16-25(31)27-23-15-29(18(2)30)11-10-24(23)33-17-20-7-5-9-22(13-20)34-21-8-4-6-19(12-21)14-26(28)32/h4-9,12-13,23-24H,3,10-11,14-17H2,1-2H3,(H,27,31)/t23-,24-/m0/s1. The maximum atomic E-state index is 12.9. The molecule has 0 saturated carbocycles. The first-order valence-corrected chi connectivity index (χ1v) is 11.7. The third kappa shape index (κ3) is 5.94. The van der Waals surface area contributed by atoms with Gasteiger partial charge in [-0.25, -0.2) is 0 Å². The van der Waals surface area contributed by atoms with Crippen LogP contribution in [0.15, 0.2) is 48.5 Å². The minimum atomic E-state index is -0.357. The van der Waals surface area contributed by atoms with Gasteiger partial charge in [0, 0.05) is 26.6 Å². The smallest absolute Gasteiger partial charge is 0.239 e. The molecule has 1 saturated heterocycles. The third-order valence-corrected chi connectivity index (χ3v) is 6.26. The Hall–Kier alpha value is -3.39. The maximum Gasteiger partial charge on any atom is 0.239 e. The van der Waals surface area contributed by atoms with Crippen molar-refractivity contribution in [2.24, 2.45) is 0 Å². The number of hydrogen-bond donors (Lipinski definition) is 1. The molecular weight excluding hydrogens is 434 g/mol. The van der Waals surface area contributed by atoms with Crippen molar-refractivity contribution in [2.75, 3.05) is 26.2 Å². The number of rotatable bonds is 1. The van der Waals surface area contributed by atoms with Crippen LogP contribution < -0.4 is 10.1 Å². The van der Waals surface area contributed by atoms with Gasteiger partial charge in [0.15, 0.2) is 0 Å². The van der Waals surface area contributed by atoms with Gasteiger partial charge >= 0.3 is 0 Å². The summed E-state index contributed by atoms with van der Waals surface area (Å²) in [5, 5.41) is 3.02. The van der Waals surface area contributed by atoms with Crippen LogP contribution in [0.3, 0.4) is 0 Å². The number of carbonyl (C=O) groups excluding carboxylic acids is 3. The molecule has 4 rings (SSSR count). The molecule has 2 aliphatic heterocycles. The first kappa shape index (κ1) is 23.8. The number of nitrogens with one attached hydrogen (secondary N) is 1. The number of piperidine rings is 1. The van der Waals surface area contributed by atoms with Gasteiger partial charge in [-0.1, -0.05) is 24.3 Å². The second kappa shape index (κ2) is 10.7. The zero-order chi connectivity index (χ0) is 24.1. The lowest BCUT2D eigenvalue weighted by molar-refractivity contribution is -0.138. The van der Waals surface area contributed by atoms with Crippen LogP contribution >= 0.6 is 0 Å². The van der Waals surface area contributed by atoms with Crippen LogP contribution in [0.25, 0.3) is 0 Å². The molecule has 180 valence electrons. The molecular formula is C26H31N3O5. The molecule has 2 heterocycles. The topological polar surface area (TPSA) is 88.2 Å². The second-order valence-electron chi connectivity index (χ2n) is 8.76. The Morgan fingerprint density at radius 1 is 1.09 bits per heavy atom. The summed E-state index contributed by atoms with van der Waals surface area (Å²) in [7, 11) is 0. The van der Waals surface area contributed by atoms with Gasteiger partial charge in [0.05, 0.1) is 31.7 Å². The average molecular weight is 466 g/mol. The van der Waals surface area contributed by atoms with Crippen LogP contribution in [0.1, 0.15) is 31.4 Å². The Morgan fingerprint density at radius 3 is 2.50 bits per heavy atom. The molecule has 4 bridgehead atoms. The fraction of sp³-hybridized carbons (Fsp3) is 0.423. The second-order valence-corrected chi connectivity index (χ2v) is 8.76. The number of nitrogens with zero attached hydrogens (tertiary/aromatic N) is 2. The number of amides is 3. The minimum Gasteiger partial charge on any atom is -0.457 e. The van der Waals surface area contributed by atoms with E-state index in [1.807, 2.05) is 55.5 Å². The SMILES string of the molecule is CCN1CC(=O)N[C@H]2CN(C(C)=O)CC[C@@H]2OCc2cccc(c2)Oc2cccc(c2)CC1=O. The van der Waals surface area contributed by atoms with Crippen LogP contribution in [0.2, 0.25) is 0 Å². The Morgan fingerprint density at radius 2 is 1.79 bits per heavy atom. The highest BCUT2D eigenvalue weighted by atomic mass is 16.5. The zero-order valence-electron chi connectivity index (χ0n) is 19.7. The van der Waals surface area contributed by atoms with Crippen molar-refractivity contribution in [1.82, 2.24) is 15.1 Å². The Kier molecular flexibility index (Phi) is 7.47. The molecule has 0 radical (unpaired) electrons. The van der Waals surface area contributed by atoms with Gasteiger partial charge in [0.2, 0.25) is 17.7 Å². The first-order chi connectivity index (χ1) is 16.4. The summed E-state index contributed by atoms with van der Waals surface area (Å²) in [6.07, 6.45) is 0.537. The molecule has 8 heteroatoms. The van der Waals surface area contributed by atoms with E-state index in [4.69, 9.17) is 9.47 Å². The summed E-state index contributed by atoms with van der Waals surface area (Å²) in [5.41, 5.74) is 1.76. The van der Waals surface area contributed by atoms with Crippen LogP contribution in [0.4, 0.5) is 0 Å². The molecule has 3 amide bonds. The maximum absolute atomic E-state index is 12.9. The largest absolute Gasteiger partial charge is 0.457 e. The highest BCUT2D eigenvalue weighted by molar-refractivity contribution is 5.86. The van der Waals surface area contributed by atoms with Crippen LogP contribution in [-0.4, -0.2) is 65.8 Å². The van der Waals surface area contributed by atoms with E-state index in [2.05, 4.69) is 5.32 Å². The number of likely N-dealkylation sites (tertiary alicyclic amines) is 1. The fourth-order valence-corrected chi connectivity index (χ4v) is 4.40. The predicted octanol–water partition coefficient (Wildman–Crippen LogP) is 2.51. The Labute approximate surface area is 199 Å². The zero-order valence-corrected chi connectivity index (χ0v) is 19.7. The lowest BCUT2D eigenvalue weighted by Crippen LogP contribution is -2.58. The summed E-state index contributed by atoms with van der Waals surface area (Å²) < 4.78 is 12.3. The molecule has 1 N–H and O–H groups in total. The number of benzene rings is 2. The van der Waals surface area contributed by atoms with E-state index in [-0.39, 0.29) is 42.8 Å². The van der Waals surface area contributed by atoms with Crippen LogP contribution in [-0.2, 0) is 32.1 Å². The number of hydrogen-bond acceptors (Lipinski definition) is 5. The van der Waals surface area contributed by atoms with Gasteiger partial charge in [-0.05, 0) is 48.7 Å². The van der Waals surface area contributed by atoms with Crippen molar-refractivity contribution in [1.29, 1.82) is 0 Å². The third-order valence-electron chi connectivity index (χ3n) is 6.26. The summed E-state index contributed by atoms with van der Waals surface area (Å²) in [6, 6.07) is 14.7. The van der Waals surface area contributed by atoms with Gasteiger partial charge in [-0.3, -0.25) is 14.4 Å². The average Bonchev–Trinajstić information content (AvgIpc) is 2.81. The van der Waals surface area contributed by atoms with Gasteiger partial charge in [-0.15, -0.1) is 0 Å². The predicted molar refractivity (Wildman–Crippen MR) is 126 cm³/mol. The first-order valence-electron chi connectivity index (χ1n) is 11.7. The van der Waals surface area contributed by atoms with E-state index in [1.165, 1.54) is 11.8 Å². The van der Waals surface area contributed by atoms with Crippen LogP contribution in [0.5, 0.6) is 11.5 Å². The van der Waals surface area contributed by atoms with E-state index < -0.39 is 0 Å². The van der Waals surface area contributed by atoms with Crippen molar-refractivity contribution in [2.45, 2.75) is 45.4 Å². The molecule has 2 atom stereocenters. The van der Waals surface area contributed by atoms with E-state index in [0.717, 1.165) is 11.1 Å². The molecule has 34 heavy (non-hydrogen) atoms. The van der Waals surface area contributed by atoms with Crippen LogP contribution in [0, 0.1) is 0 Å².